The van der Waals surface area contributed by atoms with Crippen molar-refractivity contribution in [3.8, 4) is 17.2 Å². The Morgan fingerprint density at radius 1 is 1.12 bits per heavy atom. The van der Waals surface area contributed by atoms with Gasteiger partial charge in [0.1, 0.15) is 12.4 Å². The van der Waals surface area contributed by atoms with E-state index in [0.29, 0.717) is 43.4 Å². The number of ether oxygens (including phenoxy) is 4. The zero-order valence-corrected chi connectivity index (χ0v) is 20.2. The molecular formula is C25H29N3O5S. The maximum Gasteiger partial charge on any atom is 0.251 e. The number of amides is 1. The second kappa shape index (κ2) is 11.8. The van der Waals surface area contributed by atoms with Crippen molar-refractivity contribution in [3.05, 3.63) is 70.2 Å². The number of carbonyl (C=O) groups is 1. The van der Waals surface area contributed by atoms with Gasteiger partial charge in [0.25, 0.3) is 5.91 Å². The van der Waals surface area contributed by atoms with E-state index in [1.807, 2.05) is 29.6 Å². The molecule has 2 aromatic carbocycles. The van der Waals surface area contributed by atoms with Gasteiger partial charge in [-0.1, -0.05) is 12.1 Å². The summed E-state index contributed by atoms with van der Waals surface area (Å²) < 4.78 is 22.1. The van der Waals surface area contributed by atoms with Crippen molar-refractivity contribution in [2.24, 2.45) is 0 Å². The molecule has 1 amide bonds. The molecule has 0 radical (unpaired) electrons. The minimum atomic E-state index is -0.170. The summed E-state index contributed by atoms with van der Waals surface area (Å²) in [7, 11) is 3.21. The normalized spacial score (nSPS) is 14.9. The van der Waals surface area contributed by atoms with E-state index in [2.05, 4.69) is 15.2 Å². The lowest BCUT2D eigenvalue weighted by Crippen LogP contribution is -2.43. The van der Waals surface area contributed by atoms with Gasteiger partial charge in [-0.05, 0) is 35.9 Å². The lowest BCUT2D eigenvalue weighted by molar-refractivity contribution is 0.0162. The van der Waals surface area contributed by atoms with Gasteiger partial charge in [0, 0.05) is 30.6 Å². The first-order valence-electron chi connectivity index (χ1n) is 11.1. The maximum absolute atomic E-state index is 13.0. The van der Waals surface area contributed by atoms with Crippen LogP contribution in [0, 0.1) is 0 Å². The fourth-order valence-electron chi connectivity index (χ4n) is 3.85. The Bertz CT molecular complexity index is 1050. The molecule has 1 unspecified atom stereocenters. The molecule has 0 spiro atoms. The van der Waals surface area contributed by atoms with E-state index in [9.17, 15) is 4.79 Å². The summed E-state index contributed by atoms with van der Waals surface area (Å²) in [5.74, 6) is 1.70. The lowest BCUT2D eigenvalue weighted by atomic mass is 10.0. The molecule has 34 heavy (non-hydrogen) atoms. The Balaban J connectivity index is 1.43. The van der Waals surface area contributed by atoms with Crippen LogP contribution in [0.5, 0.6) is 17.2 Å². The lowest BCUT2D eigenvalue weighted by Gasteiger charge is -2.35. The molecule has 1 N–H and O–H groups in total. The van der Waals surface area contributed by atoms with E-state index < -0.39 is 0 Å². The number of morpholine rings is 1. The summed E-state index contributed by atoms with van der Waals surface area (Å²) in [6.45, 7) is 3.79. The quantitative estimate of drug-likeness (QED) is 0.472. The summed E-state index contributed by atoms with van der Waals surface area (Å²) in [5.41, 5.74) is 4.24. The highest BCUT2D eigenvalue weighted by molar-refractivity contribution is 7.07. The Labute approximate surface area is 203 Å². The third-order valence-corrected chi connectivity index (χ3v) is 6.36. The fraction of sp³-hybridized carbons (Fsp3) is 0.360. The Hall–Kier alpha value is -3.14. The SMILES string of the molecule is COc1ccc(C(CNC(=O)c2ccc(OCc3cscn3)c(OC)c2)N2CCOCC2)cc1. The van der Waals surface area contributed by atoms with Crippen LogP contribution in [-0.2, 0) is 11.3 Å². The molecule has 4 rings (SSSR count). The highest BCUT2D eigenvalue weighted by Gasteiger charge is 2.24. The average molecular weight is 484 g/mol. The van der Waals surface area contributed by atoms with Crippen LogP contribution in [0.15, 0.2) is 53.4 Å². The standard InChI is InChI=1S/C25H29N3O5S/c1-30-21-6-3-18(4-7-21)22(28-9-11-32-12-10-28)14-26-25(29)19-5-8-23(24(13-19)31-2)33-15-20-16-34-17-27-20/h3-8,13,16-17,22H,9-12,14-15H2,1-2H3,(H,26,29). The second-order valence-corrected chi connectivity index (χ2v) is 8.50. The minimum absolute atomic E-state index is 0.0290. The zero-order valence-electron chi connectivity index (χ0n) is 19.4. The van der Waals surface area contributed by atoms with Crippen LogP contribution in [0.2, 0.25) is 0 Å². The first-order valence-corrected chi connectivity index (χ1v) is 12.0. The smallest absolute Gasteiger partial charge is 0.251 e. The molecule has 1 saturated heterocycles. The number of aromatic nitrogens is 1. The van der Waals surface area contributed by atoms with Crippen LogP contribution in [0.3, 0.4) is 0 Å². The minimum Gasteiger partial charge on any atom is -0.497 e. The molecule has 1 atom stereocenters. The number of hydrogen-bond donors (Lipinski definition) is 1. The van der Waals surface area contributed by atoms with Gasteiger partial charge in [-0.25, -0.2) is 4.98 Å². The van der Waals surface area contributed by atoms with Crippen LogP contribution >= 0.6 is 11.3 Å². The van der Waals surface area contributed by atoms with Gasteiger partial charge in [0.2, 0.25) is 0 Å². The maximum atomic E-state index is 13.0. The van der Waals surface area contributed by atoms with Crippen molar-refractivity contribution in [1.29, 1.82) is 0 Å². The Morgan fingerprint density at radius 2 is 1.91 bits per heavy atom. The van der Waals surface area contributed by atoms with E-state index in [0.717, 1.165) is 30.1 Å². The molecule has 3 aromatic rings. The number of benzene rings is 2. The van der Waals surface area contributed by atoms with Crippen molar-refractivity contribution >= 4 is 17.2 Å². The number of thiazole rings is 1. The fourth-order valence-corrected chi connectivity index (χ4v) is 4.40. The van der Waals surface area contributed by atoms with Crippen LogP contribution in [0.1, 0.15) is 27.7 Å². The zero-order chi connectivity index (χ0) is 23.8. The van der Waals surface area contributed by atoms with Crippen molar-refractivity contribution in [2.45, 2.75) is 12.6 Å². The molecular weight excluding hydrogens is 454 g/mol. The van der Waals surface area contributed by atoms with Gasteiger partial charge < -0.3 is 24.3 Å². The average Bonchev–Trinajstić information content (AvgIpc) is 3.42. The van der Waals surface area contributed by atoms with Gasteiger partial charge in [-0.3, -0.25) is 9.69 Å². The summed E-state index contributed by atoms with van der Waals surface area (Å²) >= 11 is 1.52. The van der Waals surface area contributed by atoms with E-state index >= 15 is 0 Å². The van der Waals surface area contributed by atoms with E-state index in [1.54, 1.807) is 37.9 Å². The second-order valence-electron chi connectivity index (χ2n) is 7.78. The van der Waals surface area contributed by atoms with Crippen LogP contribution < -0.4 is 19.5 Å². The molecule has 180 valence electrons. The van der Waals surface area contributed by atoms with Crippen LogP contribution in [0.25, 0.3) is 0 Å². The van der Waals surface area contributed by atoms with Crippen molar-refractivity contribution in [2.75, 3.05) is 47.1 Å². The topological polar surface area (TPSA) is 82.2 Å². The van der Waals surface area contributed by atoms with E-state index in [1.165, 1.54) is 11.3 Å². The largest absolute Gasteiger partial charge is 0.497 e. The van der Waals surface area contributed by atoms with Crippen LogP contribution in [0.4, 0.5) is 0 Å². The number of carbonyl (C=O) groups excluding carboxylic acids is 1. The summed E-state index contributed by atoms with van der Waals surface area (Å²) in [4.78, 5) is 19.6. The van der Waals surface area contributed by atoms with E-state index in [4.69, 9.17) is 18.9 Å². The van der Waals surface area contributed by atoms with Crippen molar-refractivity contribution in [3.63, 3.8) is 0 Å². The molecule has 8 nitrogen and oxygen atoms in total. The molecule has 0 bridgehead atoms. The summed E-state index contributed by atoms with van der Waals surface area (Å²) in [6, 6.07) is 13.2. The molecule has 1 aliphatic rings. The first kappa shape index (κ1) is 24.0. The number of hydrogen-bond acceptors (Lipinski definition) is 8. The Kier molecular flexibility index (Phi) is 8.35. The van der Waals surface area contributed by atoms with Gasteiger partial charge in [-0.2, -0.15) is 0 Å². The molecule has 9 heteroatoms. The first-order chi connectivity index (χ1) is 16.7. The number of nitrogens with one attached hydrogen (secondary N) is 1. The monoisotopic (exact) mass is 483 g/mol. The Morgan fingerprint density at radius 3 is 2.59 bits per heavy atom. The third-order valence-electron chi connectivity index (χ3n) is 5.73. The molecule has 0 aliphatic carbocycles. The molecule has 1 aromatic heterocycles. The van der Waals surface area contributed by atoms with Gasteiger partial charge in [-0.15, -0.1) is 11.3 Å². The van der Waals surface area contributed by atoms with Gasteiger partial charge in [0.15, 0.2) is 11.5 Å². The summed E-state index contributed by atoms with van der Waals surface area (Å²) in [6.07, 6.45) is 0. The number of nitrogens with zero attached hydrogens (tertiary/aromatic N) is 2. The molecule has 1 fully saturated rings. The predicted octanol–water partition coefficient (Wildman–Crippen LogP) is 3.54. The van der Waals surface area contributed by atoms with Crippen molar-refractivity contribution in [1.82, 2.24) is 15.2 Å². The summed E-state index contributed by atoms with van der Waals surface area (Å²) in [5, 5.41) is 5.02. The third kappa shape index (κ3) is 6.05. The highest BCUT2D eigenvalue weighted by Crippen LogP contribution is 2.29. The predicted molar refractivity (Wildman–Crippen MR) is 130 cm³/mol. The van der Waals surface area contributed by atoms with E-state index in [-0.39, 0.29) is 11.9 Å². The number of methoxy groups -OCH3 is 2. The molecule has 0 saturated carbocycles. The van der Waals surface area contributed by atoms with Gasteiger partial charge in [0.05, 0.1) is 44.7 Å². The van der Waals surface area contributed by atoms with Crippen molar-refractivity contribution < 1.29 is 23.7 Å². The molecule has 2 heterocycles. The van der Waals surface area contributed by atoms with Crippen LogP contribution in [-0.4, -0.2) is 62.9 Å². The molecule has 1 aliphatic heterocycles. The number of rotatable bonds is 10. The van der Waals surface area contributed by atoms with Gasteiger partial charge >= 0.3 is 0 Å². The highest BCUT2D eigenvalue weighted by atomic mass is 32.1.